The van der Waals surface area contributed by atoms with Crippen molar-refractivity contribution in [1.29, 1.82) is 0 Å². The van der Waals surface area contributed by atoms with Gasteiger partial charge < -0.3 is 5.32 Å². The van der Waals surface area contributed by atoms with Gasteiger partial charge in [-0.2, -0.15) is 0 Å². The second-order valence-corrected chi connectivity index (χ2v) is 7.13. The zero-order chi connectivity index (χ0) is 14.7. The Labute approximate surface area is 134 Å². The Morgan fingerprint density at radius 2 is 1.95 bits per heavy atom. The lowest BCUT2D eigenvalue weighted by Crippen LogP contribution is -2.18. The minimum atomic E-state index is 0.475. The fourth-order valence-corrected chi connectivity index (χ4v) is 4.90. The molecule has 0 saturated heterocycles. The molecule has 1 aromatic heterocycles. The second kappa shape index (κ2) is 6.88. The van der Waals surface area contributed by atoms with E-state index in [2.05, 4.69) is 73.2 Å². The van der Waals surface area contributed by atoms with E-state index in [1.165, 1.54) is 30.9 Å². The van der Waals surface area contributed by atoms with Crippen LogP contribution < -0.4 is 5.32 Å². The lowest BCUT2D eigenvalue weighted by molar-refractivity contribution is 0.545. The van der Waals surface area contributed by atoms with E-state index < -0.39 is 0 Å². The van der Waals surface area contributed by atoms with Crippen LogP contribution in [0, 0.1) is 13.8 Å². The molecule has 0 amide bonds. The first kappa shape index (κ1) is 15.7. The number of thiophene rings is 1. The number of rotatable bonds is 5. The number of benzene rings is 1. The SMILES string of the molecule is CCNC(CC)c1ccc(-c2c(C)cc(C)cc2Br)s1. The predicted molar refractivity (Wildman–Crippen MR) is 93.6 cm³/mol. The van der Waals surface area contributed by atoms with Gasteiger partial charge in [0.2, 0.25) is 0 Å². The molecule has 0 fully saturated rings. The van der Waals surface area contributed by atoms with E-state index in [9.17, 15) is 0 Å². The molecule has 20 heavy (non-hydrogen) atoms. The third kappa shape index (κ3) is 3.33. The first-order chi connectivity index (χ1) is 9.56. The Morgan fingerprint density at radius 3 is 2.55 bits per heavy atom. The van der Waals surface area contributed by atoms with Gasteiger partial charge in [-0.3, -0.25) is 0 Å². The average Bonchev–Trinajstić information content (AvgIpc) is 2.84. The Balaban J connectivity index is 2.38. The Hall–Kier alpha value is -0.640. The van der Waals surface area contributed by atoms with Crippen molar-refractivity contribution in [2.45, 2.75) is 40.2 Å². The van der Waals surface area contributed by atoms with Crippen molar-refractivity contribution in [2.24, 2.45) is 0 Å². The fraction of sp³-hybridized carbons (Fsp3) is 0.412. The molecule has 1 aromatic carbocycles. The molecule has 108 valence electrons. The van der Waals surface area contributed by atoms with Crippen molar-refractivity contribution in [3.8, 4) is 10.4 Å². The van der Waals surface area contributed by atoms with E-state index in [1.807, 2.05) is 11.3 Å². The Morgan fingerprint density at radius 1 is 1.20 bits per heavy atom. The monoisotopic (exact) mass is 351 g/mol. The molecule has 0 saturated carbocycles. The molecule has 2 aromatic rings. The third-order valence-corrected chi connectivity index (χ3v) is 5.35. The number of aryl methyl sites for hydroxylation is 2. The van der Waals surface area contributed by atoms with Gasteiger partial charge >= 0.3 is 0 Å². The smallest absolute Gasteiger partial charge is 0.0412 e. The second-order valence-electron chi connectivity index (χ2n) is 5.16. The molecular formula is C17H22BrNS. The molecule has 2 rings (SSSR count). The maximum absolute atomic E-state index is 3.72. The van der Waals surface area contributed by atoms with Crippen LogP contribution in [0.3, 0.4) is 0 Å². The van der Waals surface area contributed by atoms with Crippen LogP contribution in [0.5, 0.6) is 0 Å². The van der Waals surface area contributed by atoms with Crippen molar-refractivity contribution in [2.75, 3.05) is 6.54 Å². The van der Waals surface area contributed by atoms with Crippen molar-refractivity contribution in [3.05, 3.63) is 44.7 Å². The highest BCUT2D eigenvalue weighted by Gasteiger charge is 2.14. The van der Waals surface area contributed by atoms with Gasteiger partial charge in [0.15, 0.2) is 0 Å². The van der Waals surface area contributed by atoms with E-state index in [-0.39, 0.29) is 0 Å². The van der Waals surface area contributed by atoms with E-state index in [0.29, 0.717) is 6.04 Å². The number of hydrogen-bond acceptors (Lipinski definition) is 2. The standard InChI is InChI=1S/C17H22BrNS/c1-5-14(19-6-2)15-7-8-16(20-15)17-12(4)9-11(3)10-13(17)18/h7-10,14,19H,5-6H2,1-4H3. The number of hydrogen-bond donors (Lipinski definition) is 1. The van der Waals surface area contributed by atoms with Crippen molar-refractivity contribution < 1.29 is 0 Å². The molecule has 0 aliphatic carbocycles. The summed E-state index contributed by atoms with van der Waals surface area (Å²) >= 11 is 5.62. The summed E-state index contributed by atoms with van der Waals surface area (Å²) in [6, 6.07) is 9.44. The summed E-state index contributed by atoms with van der Waals surface area (Å²) in [5.41, 5.74) is 3.97. The first-order valence-corrected chi connectivity index (χ1v) is 8.78. The van der Waals surface area contributed by atoms with E-state index in [1.54, 1.807) is 0 Å². The van der Waals surface area contributed by atoms with Crippen molar-refractivity contribution >= 4 is 27.3 Å². The molecule has 1 unspecified atom stereocenters. The normalized spacial score (nSPS) is 12.7. The van der Waals surface area contributed by atoms with E-state index in [0.717, 1.165) is 13.0 Å². The molecule has 3 heteroatoms. The maximum atomic E-state index is 3.72. The molecule has 1 N–H and O–H groups in total. The molecule has 0 aliphatic heterocycles. The molecular weight excluding hydrogens is 330 g/mol. The molecule has 0 bridgehead atoms. The van der Waals surface area contributed by atoms with Crippen molar-refractivity contribution in [3.63, 3.8) is 0 Å². The molecule has 0 aliphatic rings. The highest BCUT2D eigenvalue weighted by atomic mass is 79.9. The van der Waals surface area contributed by atoms with Gasteiger partial charge in [0.1, 0.15) is 0 Å². The van der Waals surface area contributed by atoms with Crippen LogP contribution in [0.15, 0.2) is 28.7 Å². The van der Waals surface area contributed by atoms with E-state index in [4.69, 9.17) is 0 Å². The zero-order valence-corrected chi connectivity index (χ0v) is 15.0. The summed E-state index contributed by atoms with van der Waals surface area (Å²) < 4.78 is 1.19. The van der Waals surface area contributed by atoms with Crippen LogP contribution in [0.2, 0.25) is 0 Å². The van der Waals surface area contributed by atoms with Gasteiger partial charge in [-0.15, -0.1) is 11.3 Å². The summed E-state index contributed by atoms with van der Waals surface area (Å²) in [6.45, 7) is 9.74. The van der Waals surface area contributed by atoms with Crippen LogP contribution in [-0.4, -0.2) is 6.54 Å². The van der Waals surface area contributed by atoms with Gasteiger partial charge in [0, 0.05) is 25.8 Å². The third-order valence-electron chi connectivity index (χ3n) is 3.51. The van der Waals surface area contributed by atoms with Gasteiger partial charge in [0.25, 0.3) is 0 Å². The van der Waals surface area contributed by atoms with E-state index >= 15 is 0 Å². The van der Waals surface area contributed by atoms with Crippen LogP contribution in [-0.2, 0) is 0 Å². The molecule has 0 radical (unpaired) electrons. The average molecular weight is 352 g/mol. The predicted octanol–water partition coefficient (Wildman–Crippen LogP) is 5.86. The number of nitrogens with one attached hydrogen (secondary N) is 1. The van der Waals surface area contributed by atoms with Gasteiger partial charge in [-0.1, -0.05) is 35.8 Å². The summed E-state index contributed by atoms with van der Waals surface area (Å²) in [5, 5.41) is 3.55. The highest BCUT2D eigenvalue weighted by molar-refractivity contribution is 9.10. The molecule has 1 atom stereocenters. The van der Waals surface area contributed by atoms with Gasteiger partial charge in [0.05, 0.1) is 0 Å². The van der Waals surface area contributed by atoms with Crippen LogP contribution in [0.25, 0.3) is 10.4 Å². The van der Waals surface area contributed by atoms with Crippen LogP contribution in [0.4, 0.5) is 0 Å². The Bertz CT molecular complexity index is 565. The fourth-order valence-electron chi connectivity index (χ4n) is 2.59. The number of halogens is 1. The maximum Gasteiger partial charge on any atom is 0.0412 e. The molecule has 1 heterocycles. The van der Waals surface area contributed by atoms with Crippen LogP contribution in [0.1, 0.15) is 42.3 Å². The minimum Gasteiger partial charge on any atom is -0.310 e. The van der Waals surface area contributed by atoms with Gasteiger partial charge in [-0.05, 0) is 56.1 Å². The minimum absolute atomic E-state index is 0.475. The first-order valence-electron chi connectivity index (χ1n) is 7.17. The summed E-state index contributed by atoms with van der Waals surface area (Å²) in [4.78, 5) is 2.77. The van der Waals surface area contributed by atoms with Crippen LogP contribution >= 0.6 is 27.3 Å². The topological polar surface area (TPSA) is 12.0 Å². The Kier molecular flexibility index (Phi) is 5.42. The summed E-state index contributed by atoms with van der Waals surface area (Å²) in [6.07, 6.45) is 1.13. The largest absolute Gasteiger partial charge is 0.310 e. The molecule has 0 spiro atoms. The summed E-state index contributed by atoms with van der Waals surface area (Å²) in [7, 11) is 0. The molecule has 1 nitrogen and oxygen atoms in total. The summed E-state index contributed by atoms with van der Waals surface area (Å²) in [5.74, 6) is 0. The lowest BCUT2D eigenvalue weighted by Gasteiger charge is -2.13. The highest BCUT2D eigenvalue weighted by Crippen LogP contribution is 2.38. The van der Waals surface area contributed by atoms with Crippen molar-refractivity contribution in [1.82, 2.24) is 5.32 Å². The lowest BCUT2D eigenvalue weighted by atomic mass is 10.0. The quantitative estimate of drug-likeness (QED) is 0.711. The zero-order valence-electron chi connectivity index (χ0n) is 12.6. The van der Waals surface area contributed by atoms with Gasteiger partial charge in [-0.25, -0.2) is 0 Å².